The highest BCUT2D eigenvalue weighted by atomic mass is 16.3. The number of likely N-dealkylation sites (N-methyl/N-ethyl adjacent to an activating group) is 1. The molecule has 1 N–H and O–H groups in total. The van der Waals surface area contributed by atoms with Crippen LogP contribution < -0.4 is 4.90 Å². The van der Waals surface area contributed by atoms with Gasteiger partial charge in [0.2, 0.25) is 0 Å². The number of hydrogen-bond acceptors (Lipinski definition) is 5. The minimum absolute atomic E-state index is 0.0750. The van der Waals surface area contributed by atoms with E-state index in [9.17, 15) is 9.90 Å². The van der Waals surface area contributed by atoms with E-state index < -0.39 is 5.60 Å². The first-order valence-corrected chi connectivity index (χ1v) is 8.58. The van der Waals surface area contributed by atoms with E-state index in [2.05, 4.69) is 16.9 Å². The Morgan fingerprint density at radius 2 is 2.08 bits per heavy atom. The van der Waals surface area contributed by atoms with Crippen molar-refractivity contribution in [2.45, 2.75) is 25.4 Å². The Hall–Kier alpha value is -2.47. The molecule has 1 atom stereocenters. The molecule has 0 saturated carbocycles. The maximum atomic E-state index is 12.6. The van der Waals surface area contributed by atoms with Crippen LogP contribution in [0.3, 0.4) is 0 Å². The number of amides is 1. The molecule has 6 heteroatoms. The van der Waals surface area contributed by atoms with E-state index >= 15 is 0 Å². The smallest absolute Gasteiger partial charge is 0.253 e. The van der Waals surface area contributed by atoms with Gasteiger partial charge in [-0.2, -0.15) is 0 Å². The SMILES string of the molecule is CCc1ccc(C(=O)N(C)C[C@@]2(O)CCN(c3cnccn3)C2)cc1. The maximum Gasteiger partial charge on any atom is 0.253 e. The lowest BCUT2D eigenvalue weighted by Gasteiger charge is -2.29. The fourth-order valence-electron chi connectivity index (χ4n) is 3.25. The summed E-state index contributed by atoms with van der Waals surface area (Å²) in [4.78, 5) is 24.6. The number of carbonyl (C=O) groups is 1. The molecule has 1 aromatic heterocycles. The van der Waals surface area contributed by atoms with Gasteiger partial charge in [0, 0.05) is 38.1 Å². The van der Waals surface area contributed by atoms with Crippen molar-refractivity contribution in [3.05, 3.63) is 54.0 Å². The van der Waals surface area contributed by atoms with E-state index in [4.69, 9.17) is 0 Å². The van der Waals surface area contributed by atoms with Gasteiger partial charge in [0.15, 0.2) is 0 Å². The highest BCUT2D eigenvalue weighted by Gasteiger charge is 2.38. The lowest BCUT2D eigenvalue weighted by molar-refractivity contribution is 0.0264. The van der Waals surface area contributed by atoms with Crippen molar-refractivity contribution < 1.29 is 9.90 Å². The van der Waals surface area contributed by atoms with Crippen LogP contribution in [0, 0.1) is 0 Å². The second-order valence-electron chi connectivity index (χ2n) is 6.67. The minimum Gasteiger partial charge on any atom is -0.386 e. The average molecular weight is 340 g/mol. The number of aliphatic hydroxyl groups is 1. The molecule has 1 aromatic carbocycles. The fraction of sp³-hybridized carbons (Fsp3) is 0.421. The molecule has 1 fully saturated rings. The number of carbonyl (C=O) groups excluding carboxylic acids is 1. The minimum atomic E-state index is -0.939. The van der Waals surface area contributed by atoms with Gasteiger partial charge in [-0.15, -0.1) is 0 Å². The second-order valence-corrected chi connectivity index (χ2v) is 6.67. The topological polar surface area (TPSA) is 69.6 Å². The van der Waals surface area contributed by atoms with E-state index in [1.807, 2.05) is 29.2 Å². The van der Waals surface area contributed by atoms with Crippen LogP contribution in [-0.4, -0.2) is 58.2 Å². The van der Waals surface area contributed by atoms with Crippen molar-refractivity contribution in [1.82, 2.24) is 14.9 Å². The number of aromatic nitrogens is 2. The molecule has 0 spiro atoms. The second kappa shape index (κ2) is 7.19. The number of benzene rings is 1. The van der Waals surface area contributed by atoms with Gasteiger partial charge in [-0.25, -0.2) is 4.98 Å². The molecule has 1 aliphatic heterocycles. The van der Waals surface area contributed by atoms with Crippen LogP contribution in [0.15, 0.2) is 42.9 Å². The zero-order chi connectivity index (χ0) is 17.9. The molecule has 6 nitrogen and oxygen atoms in total. The quantitative estimate of drug-likeness (QED) is 0.898. The average Bonchev–Trinajstić information content (AvgIpc) is 3.03. The van der Waals surface area contributed by atoms with Crippen molar-refractivity contribution >= 4 is 11.7 Å². The van der Waals surface area contributed by atoms with Crippen LogP contribution in [0.5, 0.6) is 0 Å². The first-order chi connectivity index (χ1) is 12.0. The number of aryl methyl sites for hydroxylation is 1. The summed E-state index contributed by atoms with van der Waals surface area (Å²) in [7, 11) is 1.74. The summed E-state index contributed by atoms with van der Waals surface area (Å²) in [5, 5.41) is 10.9. The summed E-state index contributed by atoms with van der Waals surface area (Å²) >= 11 is 0. The predicted molar refractivity (Wildman–Crippen MR) is 96.6 cm³/mol. The lowest BCUT2D eigenvalue weighted by atomic mass is 10.0. The lowest BCUT2D eigenvalue weighted by Crippen LogP contribution is -2.45. The van der Waals surface area contributed by atoms with Crippen LogP contribution in [0.1, 0.15) is 29.3 Å². The van der Waals surface area contributed by atoms with Gasteiger partial charge in [0.1, 0.15) is 11.4 Å². The van der Waals surface area contributed by atoms with E-state index in [-0.39, 0.29) is 12.5 Å². The third-order valence-corrected chi connectivity index (χ3v) is 4.69. The normalized spacial score (nSPS) is 19.9. The molecule has 25 heavy (non-hydrogen) atoms. The Morgan fingerprint density at radius 1 is 1.32 bits per heavy atom. The molecule has 1 saturated heterocycles. The Morgan fingerprint density at radius 3 is 2.72 bits per heavy atom. The van der Waals surface area contributed by atoms with Gasteiger partial charge in [-0.05, 0) is 30.5 Å². The summed E-state index contributed by atoms with van der Waals surface area (Å²) in [6.07, 6.45) is 6.50. The molecule has 0 radical (unpaired) electrons. The zero-order valence-corrected chi connectivity index (χ0v) is 14.7. The first kappa shape index (κ1) is 17.4. The van der Waals surface area contributed by atoms with Crippen molar-refractivity contribution in [3.63, 3.8) is 0 Å². The third-order valence-electron chi connectivity index (χ3n) is 4.69. The van der Waals surface area contributed by atoms with E-state index in [1.165, 1.54) is 5.56 Å². The Balaban J connectivity index is 1.63. The Labute approximate surface area is 148 Å². The van der Waals surface area contributed by atoms with Gasteiger partial charge in [0.05, 0.1) is 12.7 Å². The van der Waals surface area contributed by atoms with Crippen LogP contribution in [-0.2, 0) is 6.42 Å². The molecule has 3 rings (SSSR count). The largest absolute Gasteiger partial charge is 0.386 e. The predicted octanol–water partition coefficient (Wildman–Crippen LogP) is 1.75. The van der Waals surface area contributed by atoms with Crippen LogP contribution >= 0.6 is 0 Å². The van der Waals surface area contributed by atoms with Gasteiger partial charge in [-0.1, -0.05) is 19.1 Å². The molecule has 1 amide bonds. The highest BCUT2D eigenvalue weighted by Crippen LogP contribution is 2.26. The molecular weight excluding hydrogens is 316 g/mol. The van der Waals surface area contributed by atoms with Crippen molar-refractivity contribution in [1.29, 1.82) is 0 Å². The maximum absolute atomic E-state index is 12.6. The summed E-state index contributed by atoms with van der Waals surface area (Å²) < 4.78 is 0. The first-order valence-electron chi connectivity index (χ1n) is 8.58. The molecule has 2 aromatic rings. The Kier molecular flexibility index (Phi) is 4.99. The number of hydrogen-bond donors (Lipinski definition) is 1. The summed E-state index contributed by atoms with van der Waals surface area (Å²) in [6.45, 7) is 3.51. The molecule has 132 valence electrons. The molecule has 0 unspecified atom stereocenters. The standard InChI is InChI=1S/C19H24N4O2/c1-3-15-4-6-16(7-5-15)18(24)22(2)13-19(25)8-11-23(14-19)17-12-20-9-10-21-17/h4-7,9-10,12,25H,3,8,11,13-14H2,1-2H3/t19-/m0/s1. The van der Waals surface area contributed by atoms with Crippen molar-refractivity contribution in [3.8, 4) is 0 Å². The van der Waals surface area contributed by atoms with Gasteiger partial charge in [-0.3, -0.25) is 9.78 Å². The summed E-state index contributed by atoms with van der Waals surface area (Å²) in [5.74, 6) is 0.677. The monoisotopic (exact) mass is 340 g/mol. The van der Waals surface area contributed by atoms with Crippen LogP contribution in [0.4, 0.5) is 5.82 Å². The summed E-state index contributed by atoms with van der Waals surface area (Å²) in [6, 6.07) is 7.65. The third kappa shape index (κ3) is 3.96. The molecule has 0 aliphatic carbocycles. The van der Waals surface area contributed by atoms with Crippen molar-refractivity contribution in [2.24, 2.45) is 0 Å². The number of anilines is 1. The molecule has 0 bridgehead atoms. The number of rotatable bonds is 5. The molecular formula is C19H24N4O2. The highest BCUT2D eigenvalue weighted by molar-refractivity contribution is 5.94. The Bertz CT molecular complexity index is 720. The van der Waals surface area contributed by atoms with E-state index in [1.54, 1.807) is 30.5 Å². The van der Waals surface area contributed by atoms with Gasteiger partial charge >= 0.3 is 0 Å². The van der Waals surface area contributed by atoms with E-state index in [0.29, 0.717) is 25.1 Å². The van der Waals surface area contributed by atoms with Crippen molar-refractivity contribution in [2.75, 3.05) is 31.6 Å². The fourth-order valence-corrected chi connectivity index (χ4v) is 3.25. The van der Waals surface area contributed by atoms with Crippen LogP contribution in [0.2, 0.25) is 0 Å². The van der Waals surface area contributed by atoms with Gasteiger partial charge < -0.3 is 14.9 Å². The number of nitrogens with zero attached hydrogens (tertiary/aromatic N) is 4. The molecule has 1 aliphatic rings. The number of β-amino-alcohol motifs (C(OH)–C–C–N with tert-alkyl or cyclic N) is 1. The zero-order valence-electron chi connectivity index (χ0n) is 14.7. The van der Waals surface area contributed by atoms with Gasteiger partial charge in [0.25, 0.3) is 5.91 Å². The molecule has 2 heterocycles. The van der Waals surface area contributed by atoms with Crippen LogP contribution in [0.25, 0.3) is 0 Å². The summed E-state index contributed by atoms with van der Waals surface area (Å²) in [5.41, 5.74) is 0.908. The van der Waals surface area contributed by atoms with E-state index in [0.717, 1.165) is 12.2 Å².